The van der Waals surface area contributed by atoms with E-state index in [0.717, 1.165) is 52.3 Å². The quantitative estimate of drug-likeness (QED) is 0.246. The van der Waals surface area contributed by atoms with Gasteiger partial charge in [0, 0.05) is 43.9 Å². The van der Waals surface area contributed by atoms with E-state index in [2.05, 4.69) is 86.4 Å². The standard InChI is InChI=1S/C28H60N2O4/c1-25(2,3)13-17-32-19-20-33-18-14-29-28(10,11)23-30(27(7,8)9)15-12-16-31-21-22-34-24-26(4,5)6/h29H,12-24H2,1-11H3. The van der Waals surface area contributed by atoms with Gasteiger partial charge in [-0.2, -0.15) is 0 Å². The van der Waals surface area contributed by atoms with Gasteiger partial charge in [-0.15, -0.1) is 0 Å². The van der Waals surface area contributed by atoms with Crippen molar-refractivity contribution in [3.63, 3.8) is 0 Å². The minimum absolute atomic E-state index is 0.00149. The first kappa shape index (κ1) is 33.8. The molecule has 1 N–H and O–H groups in total. The van der Waals surface area contributed by atoms with Crippen LogP contribution in [0.2, 0.25) is 0 Å². The molecule has 0 aromatic rings. The average Bonchev–Trinajstić information content (AvgIpc) is 2.65. The summed E-state index contributed by atoms with van der Waals surface area (Å²) in [7, 11) is 0. The predicted octanol–water partition coefficient (Wildman–Crippen LogP) is 5.39. The zero-order chi connectivity index (χ0) is 26.3. The molecule has 0 aliphatic heterocycles. The Morgan fingerprint density at radius 1 is 0.588 bits per heavy atom. The summed E-state index contributed by atoms with van der Waals surface area (Å²) >= 11 is 0. The van der Waals surface area contributed by atoms with Crippen molar-refractivity contribution in [2.75, 3.05) is 72.5 Å². The Morgan fingerprint density at radius 2 is 1.12 bits per heavy atom. The highest BCUT2D eigenvalue weighted by Gasteiger charge is 2.28. The second-order valence-corrected chi connectivity index (χ2v) is 13.5. The molecule has 0 fully saturated rings. The van der Waals surface area contributed by atoms with Gasteiger partial charge in [-0.3, -0.25) is 4.90 Å². The topological polar surface area (TPSA) is 52.2 Å². The summed E-state index contributed by atoms with van der Waals surface area (Å²) in [5.74, 6) is 0. The van der Waals surface area contributed by atoms with Crippen molar-refractivity contribution in [3.05, 3.63) is 0 Å². The zero-order valence-electron chi connectivity index (χ0n) is 24.8. The molecule has 0 aliphatic rings. The van der Waals surface area contributed by atoms with Crippen LogP contribution in [0, 0.1) is 10.8 Å². The van der Waals surface area contributed by atoms with Crippen molar-refractivity contribution >= 4 is 0 Å². The summed E-state index contributed by atoms with van der Waals surface area (Å²) in [6, 6.07) is 0. The fourth-order valence-electron chi connectivity index (χ4n) is 3.30. The Bertz CT molecular complexity index is 490. The summed E-state index contributed by atoms with van der Waals surface area (Å²) in [5.41, 5.74) is 0.642. The SMILES string of the molecule is CC(C)(C)CCOCCOCCNC(C)(C)CN(CCCOCCOCC(C)(C)C)C(C)(C)C. The maximum absolute atomic E-state index is 5.79. The number of nitrogens with one attached hydrogen (secondary N) is 1. The fourth-order valence-corrected chi connectivity index (χ4v) is 3.30. The number of rotatable bonds is 19. The lowest BCUT2D eigenvalue weighted by Gasteiger charge is -2.41. The van der Waals surface area contributed by atoms with Crippen LogP contribution in [0.15, 0.2) is 0 Å². The number of ether oxygens (including phenoxy) is 4. The molecule has 0 heterocycles. The third kappa shape index (κ3) is 22.2. The van der Waals surface area contributed by atoms with Crippen molar-refractivity contribution in [2.24, 2.45) is 10.8 Å². The van der Waals surface area contributed by atoms with Gasteiger partial charge < -0.3 is 24.3 Å². The first-order valence-electron chi connectivity index (χ1n) is 13.3. The summed E-state index contributed by atoms with van der Waals surface area (Å²) in [5, 5.41) is 3.67. The molecule has 6 heteroatoms. The van der Waals surface area contributed by atoms with Gasteiger partial charge >= 0.3 is 0 Å². The van der Waals surface area contributed by atoms with E-state index in [0.29, 0.717) is 38.4 Å². The van der Waals surface area contributed by atoms with E-state index >= 15 is 0 Å². The highest BCUT2D eigenvalue weighted by Crippen LogP contribution is 2.19. The third-order valence-corrected chi connectivity index (χ3v) is 5.38. The van der Waals surface area contributed by atoms with E-state index in [9.17, 15) is 0 Å². The molecule has 0 radical (unpaired) electrons. The lowest BCUT2D eigenvalue weighted by atomic mass is 9.93. The highest BCUT2D eigenvalue weighted by atomic mass is 16.5. The Morgan fingerprint density at radius 3 is 1.65 bits per heavy atom. The minimum Gasteiger partial charge on any atom is -0.379 e. The maximum Gasteiger partial charge on any atom is 0.0701 e. The largest absolute Gasteiger partial charge is 0.379 e. The zero-order valence-corrected chi connectivity index (χ0v) is 24.8. The lowest BCUT2D eigenvalue weighted by Crippen LogP contribution is -2.55. The summed E-state index contributed by atoms with van der Waals surface area (Å²) < 4.78 is 22.9. The van der Waals surface area contributed by atoms with Gasteiger partial charge in [0.15, 0.2) is 0 Å². The molecule has 0 rings (SSSR count). The van der Waals surface area contributed by atoms with Crippen LogP contribution in [0.1, 0.15) is 89.0 Å². The van der Waals surface area contributed by atoms with Gasteiger partial charge in [-0.25, -0.2) is 0 Å². The fraction of sp³-hybridized carbons (Fsp3) is 1.00. The summed E-state index contributed by atoms with van der Waals surface area (Å²) in [6.07, 6.45) is 2.09. The van der Waals surface area contributed by atoms with E-state index in [1.807, 2.05) is 0 Å². The molecular weight excluding hydrogens is 428 g/mol. The Balaban J connectivity index is 4.04. The first-order chi connectivity index (χ1) is 15.5. The van der Waals surface area contributed by atoms with Crippen LogP contribution >= 0.6 is 0 Å². The van der Waals surface area contributed by atoms with Crippen LogP contribution in [-0.4, -0.2) is 88.5 Å². The van der Waals surface area contributed by atoms with Crippen molar-refractivity contribution < 1.29 is 18.9 Å². The second-order valence-electron chi connectivity index (χ2n) is 13.5. The molecule has 0 aliphatic carbocycles. The van der Waals surface area contributed by atoms with Crippen molar-refractivity contribution in [1.82, 2.24) is 10.2 Å². The van der Waals surface area contributed by atoms with Crippen molar-refractivity contribution in [2.45, 2.75) is 100 Å². The molecule has 0 bridgehead atoms. The number of nitrogens with zero attached hydrogens (tertiary/aromatic N) is 1. The Hall–Kier alpha value is -0.240. The Labute approximate surface area is 212 Å². The van der Waals surface area contributed by atoms with Crippen LogP contribution in [0.4, 0.5) is 0 Å². The van der Waals surface area contributed by atoms with Gasteiger partial charge in [-0.05, 0) is 58.3 Å². The van der Waals surface area contributed by atoms with Crippen LogP contribution < -0.4 is 5.32 Å². The van der Waals surface area contributed by atoms with E-state index < -0.39 is 0 Å². The maximum atomic E-state index is 5.79. The first-order valence-corrected chi connectivity index (χ1v) is 13.3. The second kappa shape index (κ2) is 16.5. The van der Waals surface area contributed by atoms with Crippen LogP contribution in [0.3, 0.4) is 0 Å². The Kier molecular flexibility index (Phi) is 16.4. The smallest absolute Gasteiger partial charge is 0.0701 e. The molecule has 0 amide bonds. The monoisotopic (exact) mass is 488 g/mol. The molecule has 0 aromatic carbocycles. The normalized spacial score (nSPS) is 13.8. The molecule has 0 unspecified atom stereocenters. The molecule has 0 aromatic heterocycles. The minimum atomic E-state index is 0.00149. The molecule has 0 spiro atoms. The van der Waals surface area contributed by atoms with E-state index in [1.165, 1.54) is 0 Å². The van der Waals surface area contributed by atoms with Crippen LogP contribution in [0.25, 0.3) is 0 Å². The van der Waals surface area contributed by atoms with E-state index in [1.54, 1.807) is 0 Å². The molecule has 0 saturated heterocycles. The molecule has 34 heavy (non-hydrogen) atoms. The molecule has 206 valence electrons. The van der Waals surface area contributed by atoms with Gasteiger partial charge in [0.2, 0.25) is 0 Å². The van der Waals surface area contributed by atoms with Crippen LogP contribution in [0.5, 0.6) is 0 Å². The van der Waals surface area contributed by atoms with E-state index in [4.69, 9.17) is 18.9 Å². The molecular formula is C28H60N2O4. The third-order valence-electron chi connectivity index (χ3n) is 5.38. The highest BCUT2D eigenvalue weighted by molar-refractivity contribution is 4.87. The predicted molar refractivity (Wildman–Crippen MR) is 145 cm³/mol. The number of hydrogen-bond donors (Lipinski definition) is 1. The average molecular weight is 489 g/mol. The van der Waals surface area contributed by atoms with Crippen molar-refractivity contribution in [1.29, 1.82) is 0 Å². The van der Waals surface area contributed by atoms with Crippen molar-refractivity contribution in [3.8, 4) is 0 Å². The van der Waals surface area contributed by atoms with Gasteiger partial charge in [0.25, 0.3) is 0 Å². The van der Waals surface area contributed by atoms with Gasteiger partial charge in [0.05, 0.1) is 39.6 Å². The molecule has 6 nitrogen and oxygen atoms in total. The van der Waals surface area contributed by atoms with Gasteiger partial charge in [0.1, 0.15) is 0 Å². The van der Waals surface area contributed by atoms with Crippen LogP contribution in [-0.2, 0) is 18.9 Å². The number of hydrogen-bond acceptors (Lipinski definition) is 6. The lowest BCUT2D eigenvalue weighted by molar-refractivity contribution is 0.0139. The van der Waals surface area contributed by atoms with E-state index in [-0.39, 0.29) is 16.5 Å². The summed E-state index contributed by atoms with van der Waals surface area (Å²) in [6.45, 7) is 33.2. The molecule has 0 atom stereocenters. The van der Waals surface area contributed by atoms with Gasteiger partial charge in [-0.1, -0.05) is 41.5 Å². The molecule has 0 saturated carbocycles. The summed E-state index contributed by atoms with van der Waals surface area (Å²) in [4.78, 5) is 2.55.